The number of hydrogen-bond acceptors (Lipinski definition) is 6. The molecule has 0 aliphatic carbocycles. The molecule has 0 bridgehead atoms. The van der Waals surface area contributed by atoms with Crippen molar-refractivity contribution in [3.05, 3.63) is 23.8 Å². The highest BCUT2D eigenvalue weighted by molar-refractivity contribution is 5.98. The standard InChI is InChI=1S/C16H18N4O4/c1-17-15(22)16-4-5-23-8-11(16)7-20(9-16)14(21)10-2-3-12-13(6-10)19-24-18-12/h2-3,6,11H,4-5,7-9H2,1H3,(H,17,22)/t11-,16+/m1/s1. The molecule has 1 N–H and O–H groups in total. The third-order valence-electron chi connectivity index (χ3n) is 5.17. The summed E-state index contributed by atoms with van der Waals surface area (Å²) >= 11 is 0. The number of benzene rings is 1. The first kappa shape index (κ1) is 15.1. The quantitative estimate of drug-likeness (QED) is 0.858. The van der Waals surface area contributed by atoms with Gasteiger partial charge in [-0.2, -0.15) is 0 Å². The Hall–Kier alpha value is -2.48. The van der Waals surface area contributed by atoms with Crippen LogP contribution in [0.3, 0.4) is 0 Å². The number of nitrogens with zero attached hydrogens (tertiary/aromatic N) is 3. The first-order chi connectivity index (χ1) is 11.6. The highest BCUT2D eigenvalue weighted by Crippen LogP contribution is 2.42. The van der Waals surface area contributed by atoms with Gasteiger partial charge in [-0.05, 0) is 34.9 Å². The van der Waals surface area contributed by atoms with E-state index in [1.165, 1.54) is 0 Å². The molecule has 3 heterocycles. The maximum atomic E-state index is 12.9. The van der Waals surface area contributed by atoms with E-state index >= 15 is 0 Å². The second kappa shape index (κ2) is 5.55. The van der Waals surface area contributed by atoms with E-state index in [2.05, 4.69) is 20.3 Å². The number of amides is 2. The average molecular weight is 330 g/mol. The number of carbonyl (C=O) groups is 2. The van der Waals surface area contributed by atoms with Gasteiger partial charge in [0.25, 0.3) is 5.91 Å². The van der Waals surface area contributed by atoms with Crippen LogP contribution in [-0.2, 0) is 9.53 Å². The number of rotatable bonds is 2. The van der Waals surface area contributed by atoms with E-state index in [4.69, 9.17) is 4.74 Å². The van der Waals surface area contributed by atoms with Gasteiger partial charge in [-0.25, -0.2) is 4.63 Å². The fourth-order valence-corrected chi connectivity index (χ4v) is 3.82. The van der Waals surface area contributed by atoms with E-state index in [9.17, 15) is 9.59 Å². The van der Waals surface area contributed by atoms with E-state index < -0.39 is 5.41 Å². The molecule has 8 nitrogen and oxygen atoms in total. The summed E-state index contributed by atoms with van der Waals surface area (Å²) in [6.45, 7) is 1.97. The zero-order chi connectivity index (χ0) is 16.7. The van der Waals surface area contributed by atoms with Crippen LogP contribution in [0.1, 0.15) is 16.8 Å². The third-order valence-corrected chi connectivity index (χ3v) is 5.17. The lowest BCUT2D eigenvalue weighted by atomic mass is 9.73. The van der Waals surface area contributed by atoms with Gasteiger partial charge >= 0.3 is 0 Å². The summed E-state index contributed by atoms with van der Waals surface area (Å²) in [6.07, 6.45) is 0.632. The summed E-state index contributed by atoms with van der Waals surface area (Å²) < 4.78 is 10.2. The number of nitrogens with one attached hydrogen (secondary N) is 1. The second-order valence-electron chi connectivity index (χ2n) is 6.41. The van der Waals surface area contributed by atoms with Crippen molar-refractivity contribution in [2.75, 3.05) is 33.4 Å². The van der Waals surface area contributed by atoms with Crippen molar-refractivity contribution in [3.63, 3.8) is 0 Å². The Labute approximate surface area is 138 Å². The van der Waals surface area contributed by atoms with Crippen LogP contribution in [0.2, 0.25) is 0 Å². The molecule has 2 aliphatic rings. The molecule has 0 saturated carbocycles. The van der Waals surface area contributed by atoms with Crippen molar-refractivity contribution in [2.24, 2.45) is 11.3 Å². The van der Waals surface area contributed by atoms with Gasteiger partial charge in [0.05, 0.1) is 12.0 Å². The van der Waals surface area contributed by atoms with Crippen LogP contribution in [0.4, 0.5) is 0 Å². The van der Waals surface area contributed by atoms with E-state index in [0.29, 0.717) is 49.3 Å². The maximum Gasteiger partial charge on any atom is 0.253 e. The van der Waals surface area contributed by atoms with Crippen molar-refractivity contribution in [2.45, 2.75) is 6.42 Å². The van der Waals surface area contributed by atoms with Crippen LogP contribution in [0.15, 0.2) is 22.8 Å². The molecule has 0 radical (unpaired) electrons. The van der Waals surface area contributed by atoms with Crippen molar-refractivity contribution in [3.8, 4) is 0 Å². The Kier molecular flexibility index (Phi) is 3.49. The zero-order valence-corrected chi connectivity index (χ0v) is 13.3. The molecule has 0 unspecified atom stereocenters. The Morgan fingerprint density at radius 1 is 1.33 bits per heavy atom. The van der Waals surface area contributed by atoms with Gasteiger partial charge in [-0.3, -0.25) is 9.59 Å². The summed E-state index contributed by atoms with van der Waals surface area (Å²) in [5, 5.41) is 10.3. The number of likely N-dealkylation sites (tertiary alicyclic amines) is 1. The summed E-state index contributed by atoms with van der Waals surface area (Å²) in [4.78, 5) is 27.1. The normalized spacial score (nSPS) is 26.4. The summed E-state index contributed by atoms with van der Waals surface area (Å²) in [6, 6.07) is 5.08. The maximum absolute atomic E-state index is 12.9. The zero-order valence-electron chi connectivity index (χ0n) is 13.3. The van der Waals surface area contributed by atoms with Gasteiger partial charge in [0.15, 0.2) is 0 Å². The molecule has 4 rings (SSSR count). The molecule has 2 amide bonds. The Morgan fingerprint density at radius 3 is 3.00 bits per heavy atom. The minimum atomic E-state index is -0.553. The number of ether oxygens (including phenoxy) is 1. The van der Waals surface area contributed by atoms with Crippen LogP contribution in [-0.4, -0.2) is 60.4 Å². The summed E-state index contributed by atoms with van der Waals surface area (Å²) in [7, 11) is 1.64. The van der Waals surface area contributed by atoms with Crippen LogP contribution in [0, 0.1) is 11.3 Å². The largest absolute Gasteiger partial charge is 0.381 e. The van der Waals surface area contributed by atoms with Crippen LogP contribution < -0.4 is 5.32 Å². The SMILES string of the molecule is CNC(=O)[C@]12CCOC[C@H]1CN(C(=O)c1ccc3nonc3c1)C2. The number of carbonyl (C=O) groups excluding carboxylic acids is 2. The minimum absolute atomic E-state index is 0.0118. The van der Waals surface area contributed by atoms with Crippen LogP contribution in [0.5, 0.6) is 0 Å². The lowest BCUT2D eigenvalue weighted by molar-refractivity contribution is -0.138. The predicted molar refractivity (Wildman–Crippen MR) is 83.1 cm³/mol. The lowest BCUT2D eigenvalue weighted by Crippen LogP contribution is -2.49. The van der Waals surface area contributed by atoms with Gasteiger partial charge in [0, 0.05) is 38.2 Å². The lowest BCUT2D eigenvalue weighted by Gasteiger charge is -2.36. The molecule has 126 valence electrons. The van der Waals surface area contributed by atoms with Crippen molar-refractivity contribution in [1.29, 1.82) is 0 Å². The van der Waals surface area contributed by atoms with E-state index in [1.807, 2.05) is 0 Å². The first-order valence-corrected chi connectivity index (χ1v) is 7.95. The van der Waals surface area contributed by atoms with E-state index in [-0.39, 0.29) is 17.7 Å². The topological polar surface area (TPSA) is 97.6 Å². The van der Waals surface area contributed by atoms with Gasteiger partial charge in [-0.15, -0.1) is 0 Å². The van der Waals surface area contributed by atoms with Gasteiger partial charge < -0.3 is 15.0 Å². The van der Waals surface area contributed by atoms with Gasteiger partial charge in [0.2, 0.25) is 5.91 Å². The van der Waals surface area contributed by atoms with Gasteiger partial charge in [0.1, 0.15) is 11.0 Å². The van der Waals surface area contributed by atoms with E-state index in [0.717, 1.165) is 0 Å². The smallest absolute Gasteiger partial charge is 0.253 e. The van der Waals surface area contributed by atoms with Crippen molar-refractivity contribution in [1.82, 2.24) is 20.5 Å². The number of aromatic nitrogens is 2. The fourth-order valence-electron chi connectivity index (χ4n) is 3.82. The Bertz CT molecular complexity index is 804. The molecule has 2 fully saturated rings. The van der Waals surface area contributed by atoms with Crippen molar-refractivity contribution < 1.29 is 19.0 Å². The summed E-state index contributed by atoms with van der Waals surface area (Å²) in [5.41, 5.74) is 1.12. The molecule has 2 aromatic rings. The fraction of sp³-hybridized carbons (Fsp3) is 0.500. The Morgan fingerprint density at radius 2 is 2.17 bits per heavy atom. The van der Waals surface area contributed by atoms with Crippen LogP contribution >= 0.6 is 0 Å². The van der Waals surface area contributed by atoms with Crippen LogP contribution in [0.25, 0.3) is 11.0 Å². The van der Waals surface area contributed by atoms with Crippen molar-refractivity contribution >= 4 is 22.8 Å². The molecule has 0 spiro atoms. The molecular formula is C16H18N4O4. The second-order valence-corrected chi connectivity index (χ2v) is 6.41. The molecule has 24 heavy (non-hydrogen) atoms. The minimum Gasteiger partial charge on any atom is -0.381 e. The highest BCUT2D eigenvalue weighted by atomic mass is 16.6. The number of fused-ring (bicyclic) bond motifs is 2. The summed E-state index contributed by atoms with van der Waals surface area (Å²) in [5.74, 6) is -0.104. The molecule has 2 aliphatic heterocycles. The molecule has 2 saturated heterocycles. The molecule has 1 aromatic carbocycles. The Balaban J connectivity index is 1.62. The predicted octanol–water partition coefficient (Wildman–Crippen LogP) is 0.448. The number of hydrogen-bond donors (Lipinski definition) is 1. The highest BCUT2D eigenvalue weighted by Gasteiger charge is 2.54. The first-order valence-electron chi connectivity index (χ1n) is 7.95. The monoisotopic (exact) mass is 330 g/mol. The molecule has 1 aromatic heterocycles. The molecule has 2 atom stereocenters. The van der Waals surface area contributed by atoms with Gasteiger partial charge in [-0.1, -0.05) is 0 Å². The molecule has 8 heteroatoms. The molecular weight excluding hydrogens is 312 g/mol. The van der Waals surface area contributed by atoms with E-state index in [1.54, 1.807) is 30.1 Å². The third kappa shape index (κ3) is 2.17. The average Bonchev–Trinajstić information content (AvgIpc) is 3.24.